The minimum Gasteiger partial charge on any atom is -0.618 e. The fraction of sp³-hybridized carbons (Fsp3) is 0.387. The number of amides is 1. The lowest BCUT2D eigenvalue weighted by molar-refractivity contribution is -0.612. The van der Waals surface area contributed by atoms with E-state index in [1.165, 1.54) is 12.3 Å². The lowest BCUT2D eigenvalue weighted by Crippen LogP contribution is -2.48. The van der Waals surface area contributed by atoms with Gasteiger partial charge in [0.2, 0.25) is 5.69 Å². The number of carbonyl (C=O) groups is 1. The van der Waals surface area contributed by atoms with Crippen LogP contribution in [0, 0.1) is 31.4 Å². The number of hydrogen-bond acceptors (Lipinski definition) is 4. The molecule has 39 heavy (non-hydrogen) atoms. The molecule has 0 saturated carbocycles. The molecule has 2 aromatic carbocycles. The summed E-state index contributed by atoms with van der Waals surface area (Å²) in [5, 5.41) is 14.9. The molecule has 1 atom stereocenters. The average Bonchev–Trinajstić information content (AvgIpc) is 2.94. The zero-order valence-corrected chi connectivity index (χ0v) is 22.9. The fourth-order valence-corrected chi connectivity index (χ4v) is 5.40. The molecule has 204 valence electrons. The third-order valence-electron chi connectivity index (χ3n) is 7.74. The van der Waals surface area contributed by atoms with Crippen LogP contribution in [0.5, 0.6) is 0 Å². The molecule has 1 aromatic heterocycles. The summed E-state index contributed by atoms with van der Waals surface area (Å²) in [6.07, 6.45) is 4.16. The minimum absolute atomic E-state index is 0.210. The normalized spacial score (nSPS) is 14.9. The molecule has 4 rings (SSSR count). The number of halogens is 1. The quantitative estimate of drug-likeness (QED) is 0.232. The van der Waals surface area contributed by atoms with Crippen LogP contribution in [0.2, 0.25) is 0 Å². The number of nitrogens with zero attached hydrogens (tertiary/aromatic N) is 4. The van der Waals surface area contributed by atoms with E-state index < -0.39 is 0 Å². The first-order valence-corrected chi connectivity index (χ1v) is 13.5. The molecule has 1 N–H and O–H groups in total. The van der Waals surface area contributed by atoms with Gasteiger partial charge in [-0.3, -0.25) is 4.79 Å². The van der Waals surface area contributed by atoms with Crippen molar-refractivity contribution >= 4 is 17.3 Å². The van der Waals surface area contributed by atoms with Gasteiger partial charge in [-0.25, -0.2) is 9.24 Å². The second kappa shape index (κ2) is 12.7. The standard InChI is InChI=1S/C31H36FN5O2/c1-22-13-19-37(39)24(3)30(22)31(38)34-16-12-23(2)35-17-14-29(15-18-35)36(21-25-6-5-7-26(32)20-25)28-10-8-27(33-4)9-11-28/h5-11,13,19-20,23,29H,12,14-18,21H2,1-3H3,(H,34,38). The molecule has 0 aliphatic carbocycles. The maximum Gasteiger partial charge on any atom is 0.257 e. The summed E-state index contributed by atoms with van der Waals surface area (Å²) >= 11 is 0. The van der Waals surface area contributed by atoms with E-state index in [9.17, 15) is 14.4 Å². The van der Waals surface area contributed by atoms with Gasteiger partial charge in [0, 0.05) is 56.9 Å². The number of rotatable bonds is 9. The number of likely N-dealkylation sites (tertiary alicyclic amines) is 1. The Hall–Kier alpha value is -3.96. The molecule has 8 heteroatoms. The molecule has 1 fully saturated rings. The second-order valence-corrected chi connectivity index (χ2v) is 10.3. The van der Waals surface area contributed by atoms with E-state index in [1.54, 1.807) is 25.1 Å². The van der Waals surface area contributed by atoms with Gasteiger partial charge >= 0.3 is 0 Å². The van der Waals surface area contributed by atoms with Crippen molar-refractivity contribution in [1.29, 1.82) is 0 Å². The SMILES string of the molecule is [C-]#[N+]c1ccc(N(Cc2cccc(F)c2)C2CCN(C(C)CCNC(=O)c3c(C)cc[n+]([O-])c3C)CC2)cc1. The Morgan fingerprint density at radius 2 is 1.92 bits per heavy atom. The molecule has 0 bridgehead atoms. The highest BCUT2D eigenvalue weighted by molar-refractivity contribution is 5.96. The van der Waals surface area contributed by atoms with E-state index in [2.05, 4.69) is 26.9 Å². The number of anilines is 1. The zero-order valence-electron chi connectivity index (χ0n) is 22.9. The Labute approximate surface area is 230 Å². The minimum atomic E-state index is -0.239. The molecule has 7 nitrogen and oxygen atoms in total. The largest absolute Gasteiger partial charge is 0.618 e. The lowest BCUT2D eigenvalue weighted by atomic mass is 9.99. The molecular weight excluding hydrogens is 493 g/mol. The van der Waals surface area contributed by atoms with Crippen LogP contribution in [0.4, 0.5) is 15.8 Å². The van der Waals surface area contributed by atoms with Crippen LogP contribution < -0.4 is 14.9 Å². The number of benzene rings is 2. The molecule has 1 amide bonds. The highest BCUT2D eigenvalue weighted by Crippen LogP contribution is 2.29. The van der Waals surface area contributed by atoms with Gasteiger partial charge in [0.05, 0.1) is 6.57 Å². The zero-order chi connectivity index (χ0) is 27.9. The van der Waals surface area contributed by atoms with Crippen LogP contribution >= 0.6 is 0 Å². The van der Waals surface area contributed by atoms with Crippen molar-refractivity contribution in [2.24, 2.45) is 0 Å². The van der Waals surface area contributed by atoms with E-state index in [-0.39, 0.29) is 17.8 Å². The van der Waals surface area contributed by atoms with Crippen molar-refractivity contribution in [2.75, 3.05) is 24.5 Å². The Morgan fingerprint density at radius 3 is 2.59 bits per heavy atom. The van der Waals surface area contributed by atoms with Crippen LogP contribution in [-0.4, -0.2) is 42.5 Å². The predicted octanol–water partition coefficient (Wildman–Crippen LogP) is 5.31. The number of piperidine rings is 1. The van der Waals surface area contributed by atoms with Crippen molar-refractivity contribution in [2.45, 2.75) is 58.7 Å². The summed E-state index contributed by atoms with van der Waals surface area (Å²) in [7, 11) is 0. The summed E-state index contributed by atoms with van der Waals surface area (Å²) < 4.78 is 14.6. The summed E-state index contributed by atoms with van der Waals surface area (Å²) in [6.45, 7) is 15.9. The first-order valence-electron chi connectivity index (χ1n) is 13.5. The third kappa shape index (κ3) is 6.92. The highest BCUT2D eigenvalue weighted by atomic mass is 19.1. The number of carbonyl (C=O) groups excluding carboxylic acids is 1. The maximum absolute atomic E-state index is 13.9. The van der Waals surface area contributed by atoms with Crippen LogP contribution in [0.3, 0.4) is 0 Å². The molecule has 1 aliphatic heterocycles. The molecule has 1 saturated heterocycles. The number of pyridine rings is 1. The van der Waals surface area contributed by atoms with Gasteiger partial charge in [-0.1, -0.05) is 24.3 Å². The second-order valence-electron chi connectivity index (χ2n) is 10.3. The Morgan fingerprint density at radius 1 is 1.21 bits per heavy atom. The summed E-state index contributed by atoms with van der Waals surface area (Å²) in [6, 6.07) is 16.6. The first-order chi connectivity index (χ1) is 18.8. The van der Waals surface area contributed by atoms with Crippen LogP contribution in [0.15, 0.2) is 60.8 Å². The molecule has 0 spiro atoms. The van der Waals surface area contributed by atoms with Crippen LogP contribution in [0.25, 0.3) is 4.85 Å². The van der Waals surface area contributed by atoms with Gasteiger partial charge in [-0.15, -0.1) is 0 Å². The van der Waals surface area contributed by atoms with Gasteiger partial charge in [0.15, 0.2) is 11.9 Å². The fourth-order valence-electron chi connectivity index (χ4n) is 5.40. The van der Waals surface area contributed by atoms with Gasteiger partial charge in [0.25, 0.3) is 5.91 Å². The van der Waals surface area contributed by atoms with E-state index in [0.717, 1.165) is 53.9 Å². The van der Waals surface area contributed by atoms with Crippen LogP contribution in [-0.2, 0) is 6.54 Å². The smallest absolute Gasteiger partial charge is 0.257 e. The van der Waals surface area contributed by atoms with Gasteiger partial charge in [-0.2, -0.15) is 4.73 Å². The van der Waals surface area contributed by atoms with Crippen molar-refractivity contribution in [3.05, 3.63) is 106 Å². The number of aryl methyl sites for hydroxylation is 1. The average molecular weight is 530 g/mol. The van der Waals surface area contributed by atoms with Crippen molar-refractivity contribution in [1.82, 2.24) is 10.2 Å². The topological polar surface area (TPSA) is 66.9 Å². The van der Waals surface area contributed by atoms with E-state index in [1.807, 2.05) is 37.3 Å². The Balaban J connectivity index is 1.35. The number of nitrogens with one attached hydrogen (secondary N) is 1. The molecule has 3 aromatic rings. The third-order valence-corrected chi connectivity index (χ3v) is 7.74. The van der Waals surface area contributed by atoms with Crippen LogP contribution in [0.1, 0.15) is 53.4 Å². The highest BCUT2D eigenvalue weighted by Gasteiger charge is 2.27. The number of hydrogen-bond donors (Lipinski definition) is 1. The van der Waals surface area contributed by atoms with Crippen molar-refractivity contribution in [3.8, 4) is 0 Å². The lowest BCUT2D eigenvalue weighted by Gasteiger charge is -2.42. The van der Waals surface area contributed by atoms with E-state index in [0.29, 0.717) is 36.1 Å². The summed E-state index contributed by atoms with van der Waals surface area (Å²) in [5.74, 6) is -0.449. The Kier molecular flexibility index (Phi) is 9.15. The molecular formula is C31H36FN5O2. The first kappa shape index (κ1) is 28.1. The molecule has 1 aliphatic rings. The maximum atomic E-state index is 13.9. The summed E-state index contributed by atoms with van der Waals surface area (Å²) in [4.78, 5) is 21.0. The predicted molar refractivity (Wildman–Crippen MR) is 151 cm³/mol. The van der Waals surface area contributed by atoms with Crippen molar-refractivity contribution in [3.63, 3.8) is 0 Å². The van der Waals surface area contributed by atoms with Gasteiger partial charge in [-0.05, 0) is 68.5 Å². The monoisotopic (exact) mass is 529 g/mol. The van der Waals surface area contributed by atoms with Gasteiger partial charge in [0.1, 0.15) is 11.4 Å². The Bertz CT molecular complexity index is 1330. The molecule has 2 heterocycles. The molecule has 1 unspecified atom stereocenters. The van der Waals surface area contributed by atoms with Gasteiger partial charge < -0.3 is 20.3 Å². The van der Waals surface area contributed by atoms with E-state index in [4.69, 9.17) is 6.57 Å². The number of aromatic nitrogens is 1. The summed E-state index contributed by atoms with van der Waals surface area (Å²) in [5.41, 5.74) is 4.20. The van der Waals surface area contributed by atoms with Crippen molar-refractivity contribution < 1.29 is 13.9 Å². The molecule has 0 radical (unpaired) electrons. The van der Waals surface area contributed by atoms with E-state index >= 15 is 0 Å².